The molecule has 2 aromatic carbocycles. The van der Waals surface area contributed by atoms with Crippen LogP contribution in [-0.4, -0.2) is 28.9 Å². The van der Waals surface area contributed by atoms with E-state index < -0.39 is 10.0 Å². The van der Waals surface area contributed by atoms with Crippen molar-refractivity contribution in [2.75, 3.05) is 14.2 Å². The standard InChI is InChI=1S/C17H19ClN2O4S/c1-11-5-8-15(12(2)9-11)25(21,22)20-19-10-13-6-7-14(23-3)17(24-4)16(13)18/h5-10,20H,1-4H3/b19-10+. The van der Waals surface area contributed by atoms with Gasteiger partial charge in [0.1, 0.15) is 0 Å². The number of nitrogens with one attached hydrogen (secondary N) is 1. The lowest BCUT2D eigenvalue weighted by Crippen LogP contribution is -2.19. The summed E-state index contributed by atoms with van der Waals surface area (Å²) in [6.07, 6.45) is 1.31. The Labute approximate surface area is 152 Å². The van der Waals surface area contributed by atoms with Crippen LogP contribution in [0.25, 0.3) is 0 Å². The zero-order chi connectivity index (χ0) is 18.6. The highest BCUT2D eigenvalue weighted by Gasteiger charge is 2.16. The van der Waals surface area contributed by atoms with Crippen molar-refractivity contribution in [3.05, 3.63) is 52.0 Å². The van der Waals surface area contributed by atoms with E-state index in [9.17, 15) is 8.42 Å². The Morgan fingerprint density at radius 1 is 1.12 bits per heavy atom. The number of aryl methyl sites for hydroxylation is 2. The molecule has 0 aromatic heterocycles. The van der Waals surface area contributed by atoms with Crippen molar-refractivity contribution in [1.82, 2.24) is 4.83 Å². The van der Waals surface area contributed by atoms with E-state index in [1.807, 2.05) is 6.92 Å². The summed E-state index contributed by atoms with van der Waals surface area (Å²) >= 11 is 6.23. The maximum atomic E-state index is 12.4. The lowest BCUT2D eigenvalue weighted by Gasteiger charge is -2.11. The molecule has 0 atom stereocenters. The predicted octanol–water partition coefficient (Wildman–Crippen LogP) is 3.29. The van der Waals surface area contributed by atoms with Gasteiger partial charge in [-0.25, -0.2) is 4.83 Å². The van der Waals surface area contributed by atoms with Crippen molar-refractivity contribution < 1.29 is 17.9 Å². The third-order valence-corrected chi connectivity index (χ3v) is 5.28. The Kier molecular flexibility index (Phi) is 5.92. The minimum Gasteiger partial charge on any atom is -0.493 e. The molecular weight excluding hydrogens is 364 g/mol. The lowest BCUT2D eigenvalue weighted by molar-refractivity contribution is 0.355. The highest BCUT2D eigenvalue weighted by molar-refractivity contribution is 7.89. The van der Waals surface area contributed by atoms with Gasteiger partial charge in [0.05, 0.1) is 30.4 Å². The van der Waals surface area contributed by atoms with Crippen molar-refractivity contribution in [2.45, 2.75) is 18.7 Å². The van der Waals surface area contributed by atoms with Crippen LogP contribution in [0.2, 0.25) is 5.02 Å². The molecule has 0 fully saturated rings. The number of methoxy groups -OCH3 is 2. The summed E-state index contributed by atoms with van der Waals surface area (Å²) in [5.74, 6) is 0.825. The Hall–Kier alpha value is -2.25. The van der Waals surface area contributed by atoms with E-state index in [0.717, 1.165) is 5.56 Å². The molecule has 0 aliphatic heterocycles. The van der Waals surface area contributed by atoms with Gasteiger partial charge in [-0.3, -0.25) is 0 Å². The fourth-order valence-electron chi connectivity index (χ4n) is 2.32. The summed E-state index contributed by atoms with van der Waals surface area (Å²) in [7, 11) is -0.800. The van der Waals surface area contributed by atoms with E-state index in [4.69, 9.17) is 21.1 Å². The van der Waals surface area contributed by atoms with Crippen LogP contribution >= 0.6 is 11.6 Å². The summed E-state index contributed by atoms with van der Waals surface area (Å²) in [5, 5.41) is 4.08. The number of hydrogen-bond acceptors (Lipinski definition) is 5. The summed E-state index contributed by atoms with van der Waals surface area (Å²) in [6, 6.07) is 8.38. The first-order valence-corrected chi connectivity index (χ1v) is 9.19. The summed E-state index contributed by atoms with van der Waals surface area (Å²) < 4.78 is 35.1. The number of halogens is 1. The molecule has 6 nitrogen and oxygen atoms in total. The average molecular weight is 383 g/mol. The Morgan fingerprint density at radius 3 is 2.44 bits per heavy atom. The molecular formula is C17H19ClN2O4S. The van der Waals surface area contributed by atoms with E-state index >= 15 is 0 Å². The molecule has 0 aliphatic carbocycles. The van der Waals surface area contributed by atoms with Gasteiger partial charge in [0.25, 0.3) is 10.0 Å². The molecule has 0 radical (unpaired) electrons. The molecule has 0 heterocycles. The molecule has 2 aromatic rings. The van der Waals surface area contributed by atoms with Gasteiger partial charge >= 0.3 is 0 Å². The number of benzene rings is 2. The molecule has 0 saturated carbocycles. The fourth-order valence-corrected chi connectivity index (χ4v) is 3.62. The van der Waals surface area contributed by atoms with Crippen molar-refractivity contribution in [3.63, 3.8) is 0 Å². The SMILES string of the molecule is COc1ccc(/C=N/NS(=O)(=O)c2ccc(C)cc2C)c(Cl)c1OC. The van der Waals surface area contributed by atoms with E-state index in [2.05, 4.69) is 9.93 Å². The number of nitrogens with zero attached hydrogens (tertiary/aromatic N) is 1. The molecule has 2 rings (SSSR count). The van der Waals surface area contributed by atoms with Crippen LogP contribution in [0.4, 0.5) is 0 Å². The molecule has 8 heteroatoms. The minimum atomic E-state index is -3.77. The fraction of sp³-hybridized carbons (Fsp3) is 0.235. The van der Waals surface area contributed by atoms with Gasteiger partial charge < -0.3 is 9.47 Å². The number of sulfonamides is 1. The number of ether oxygens (including phenoxy) is 2. The largest absolute Gasteiger partial charge is 0.493 e. The van der Waals surface area contributed by atoms with Crippen LogP contribution in [-0.2, 0) is 10.0 Å². The third kappa shape index (κ3) is 4.24. The third-order valence-electron chi connectivity index (χ3n) is 3.51. The van der Waals surface area contributed by atoms with Crippen molar-refractivity contribution >= 4 is 27.8 Å². The predicted molar refractivity (Wildman–Crippen MR) is 98.4 cm³/mol. The summed E-state index contributed by atoms with van der Waals surface area (Å²) in [5.41, 5.74) is 2.12. The second-order valence-corrected chi connectivity index (χ2v) is 7.33. The number of hydrazone groups is 1. The first-order chi connectivity index (χ1) is 11.8. The Morgan fingerprint density at radius 2 is 1.84 bits per heavy atom. The van der Waals surface area contributed by atoms with Gasteiger partial charge in [-0.15, -0.1) is 0 Å². The van der Waals surface area contributed by atoms with Gasteiger partial charge in [-0.1, -0.05) is 29.3 Å². The second-order valence-electron chi connectivity index (χ2n) is 5.33. The smallest absolute Gasteiger partial charge is 0.276 e. The highest BCUT2D eigenvalue weighted by atomic mass is 35.5. The van der Waals surface area contributed by atoms with Gasteiger partial charge in [-0.05, 0) is 37.6 Å². The molecule has 0 amide bonds. The quantitative estimate of drug-likeness (QED) is 0.614. The zero-order valence-electron chi connectivity index (χ0n) is 14.3. The molecule has 25 heavy (non-hydrogen) atoms. The van der Waals surface area contributed by atoms with Gasteiger partial charge in [0.15, 0.2) is 11.5 Å². The van der Waals surface area contributed by atoms with Crippen LogP contribution in [0.3, 0.4) is 0 Å². The molecule has 134 valence electrons. The van der Waals surface area contributed by atoms with Crippen molar-refractivity contribution in [1.29, 1.82) is 0 Å². The second kappa shape index (κ2) is 7.76. The van der Waals surface area contributed by atoms with E-state index in [0.29, 0.717) is 22.6 Å². The van der Waals surface area contributed by atoms with Crippen LogP contribution < -0.4 is 14.3 Å². The first-order valence-electron chi connectivity index (χ1n) is 7.32. The van der Waals surface area contributed by atoms with Gasteiger partial charge in [0, 0.05) is 5.56 Å². The van der Waals surface area contributed by atoms with E-state index in [1.54, 1.807) is 37.3 Å². The summed E-state index contributed by atoms with van der Waals surface area (Å²) in [6.45, 7) is 3.63. The van der Waals surface area contributed by atoms with E-state index in [1.165, 1.54) is 20.4 Å². The Bertz CT molecular complexity index is 911. The van der Waals surface area contributed by atoms with E-state index in [-0.39, 0.29) is 9.92 Å². The van der Waals surface area contributed by atoms with Crippen LogP contribution in [0.1, 0.15) is 16.7 Å². The molecule has 0 spiro atoms. The molecule has 0 bridgehead atoms. The number of hydrogen-bond donors (Lipinski definition) is 1. The average Bonchev–Trinajstić information content (AvgIpc) is 2.55. The van der Waals surface area contributed by atoms with Crippen LogP contribution in [0, 0.1) is 13.8 Å². The minimum absolute atomic E-state index is 0.175. The topological polar surface area (TPSA) is 77.0 Å². The lowest BCUT2D eigenvalue weighted by atomic mass is 10.2. The van der Waals surface area contributed by atoms with Gasteiger partial charge in [-0.2, -0.15) is 13.5 Å². The maximum absolute atomic E-state index is 12.4. The molecule has 0 aliphatic rings. The maximum Gasteiger partial charge on any atom is 0.276 e. The number of rotatable bonds is 6. The van der Waals surface area contributed by atoms with Gasteiger partial charge in [0.2, 0.25) is 0 Å². The van der Waals surface area contributed by atoms with Crippen LogP contribution in [0.5, 0.6) is 11.5 Å². The first kappa shape index (κ1) is 19.1. The Balaban J connectivity index is 2.26. The molecule has 0 saturated heterocycles. The van der Waals surface area contributed by atoms with Crippen LogP contribution in [0.15, 0.2) is 40.3 Å². The molecule has 1 N–H and O–H groups in total. The highest BCUT2D eigenvalue weighted by Crippen LogP contribution is 2.36. The normalized spacial score (nSPS) is 11.6. The monoisotopic (exact) mass is 382 g/mol. The van der Waals surface area contributed by atoms with Crippen molar-refractivity contribution in [2.24, 2.45) is 5.10 Å². The zero-order valence-corrected chi connectivity index (χ0v) is 15.9. The molecule has 0 unspecified atom stereocenters. The summed E-state index contributed by atoms with van der Waals surface area (Å²) in [4.78, 5) is 2.36. The van der Waals surface area contributed by atoms with Crippen molar-refractivity contribution in [3.8, 4) is 11.5 Å².